The minimum atomic E-state index is 0.537. The van der Waals surface area contributed by atoms with Gasteiger partial charge in [0.2, 0.25) is 0 Å². The van der Waals surface area contributed by atoms with Crippen LogP contribution in [0.4, 0.5) is 0 Å². The van der Waals surface area contributed by atoms with Crippen molar-refractivity contribution in [1.82, 2.24) is 10.6 Å². The minimum absolute atomic E-state index is 0.537. The van der Waals surface area contributed by atoms with Gasteiger partial charge in [0, 0.05) is 13.1 Å². The highest BCUT2D eigenvalue weighted by molar-refractivity contribution is 5.77. The number of hydrogen-bond acceptors (Lipinski definition) is 2. The molecule has 80 valence electrons. The van der Waals surface area contributed by atoms with Crippen LogP contribution in [0.15, 0.2) is 4.99 Å². The molecule has 0 aromatic carbocycles. The fraction of sp³-hybridized carbons (Fsp3) is 0.889. The van der Waals surface area contributed by atoms with Gasteiger partial charge in [0.05, 0.1) is 0 Å². The number of nitrogens with zero attached hydrogens (tertiary/aromatic N) is 1. The van der Waals surface area contributed by atoms with Gasteiger partial charge in [0.1, 0.15) is 0 Å². The van der Waals surface area contributed by atoms with Crippen molar-refractivity contribution in [2.45, 2.75) is 27.7 Å². The quantitative estimate of drug-likeness (QED) is 0.446. The number of nitrogens with two attached hydrogens (primary N) is 1. The maximum atomic E-state index is 5.33. The van der Waals surface area contributed by atoms with Crippen molar-refractivity contribution in [2.75, 3.05) is 26.2 Å². The number of rotatable bonds is 4. The fourth-order valence-corrected chi connectivity index (χ4v) is 0.657. The summed E-state index contributed by atoms with van der Waals surface area (Å²) in [5.41, 5.74) is 5.33. The molecule has 0 aliphatic heterocycles. The van der Waals surface area contributed by atoms with Crippen LogP contribution >= 0.6 is 0 Å². The molecule has 13 heavy (non-hydrogen) atoms. The zero-order chi connectivity index (χ0) is 10.5. The van der Waals surface area contributed by atoms with Gasteiger partial charge in [-0.1, -0.05) is 13.8 Å². The van der Waals surface area contributed by atoms with Crippen molar-refractivity contribution < 1.29 is 0 Å². The third kappa shape index (κ3) is 18.3. The predicted octanol–water partition coefficient (Wildman–Crippen LogP) is 0.546. The lowest BCUT2D eigenvalue weighted by molar-refractivity contribution is 0.762. The van der Waals surface area contributed by atoms with Gasteiger partial charge >= 0.3 is 0 Å². The normalized spacial score (nSPS) is 10.3. The second kappa shape index (κ2) is 13.8. The molecule has 0 unspecified atom stereocenters. The van der Waals surface area contributed by atoms with Gasteiger partial charge in [0.15, 0.2) is 5.96 Å². The van der Waals surface area contributed by atoms with Crippen LogP contribution in [0.2, 0.25) is 0 Å². The first-order chi connectivity index (χ1) is 6.22. The van der Waals surface area contributed by atoms with Gasteiger partial charge in [-0.05, 0) is 26.9 Å². The van der Waals surface area contributed by atoms with Crippen LogP contribution in [0.5, 0.6) is 0 Å². The van der Waals surface area contributed by atoms with Gasteiger partial charge in [0.25, 0.3) is 0 Å². The lowest BCUT2D eigenvalue weighted by Crippen LogP contribution is -2.31. The second-order valence-electron chi connectivity index (χ2n) is 2.35. The van der Waals surface area contributed by atoms with Crippen LogP contribution in [-0.4, -0.2) is 32.1 Å². The maximum Gasteiger partial charge on any atom is 0.188 e. The molecule has 0 aliphatic carbocycles. The predicted molar refractivity (Wildman–Crippen MR) is 60.1 cm³/mol. The topological polar surface area (TPSA) is 62.4 Å². The maximum absolute atomic E-state index is 5.33. The number of aliphatic imine (C=N–C) groups is 1. The zero-order valence-corrected chi connectivity index (χ0v) is 9.35. The Kier molecular flexibility index (Phi) is 15.6. The SMILES string of the molecule is CCN=C(N)NCC.CCNCC. The summed E-state index contributed by atoms with van der Waals surface area (Å²) in [7, 11) is 0. The fourth-order valence-electron chi connectivity index (χ4n) is 0.657. The van der Waals surface area contributed by atoms with E-state index in [0.717, 1.165) is 26.2 Å². The number of hydrogen-bond donors (Lipinski definition) is 3. The molecule has 0 heterocycles. The average Bonchev–Trinajstić information content (AvgIpc) is 2.08. The van der Waals surface area contributed by atoms with Crippen LogP contribution in [0.25, 0.3) is 0 Å². The molecule has 0 saturated carbocycles. The third-order valence-corrected chi connectivity index (χ3v) is 1.19. The summed E-state index contributed by atoms with van der Waals surface area (Å²) in [4.78, 5) is 3.90. The average molecular weight is 188 g/mol. The van der Waals surface area contributed by atoms with Crippen LogP contribution in [0.3, 0.4) is 0 Å². The van der Waals surface area contributed by atoms with Crippen LogP contribution in [0, 0.1) is 0 Å². The Hall–Kier alpha value is -0.770. The van der Waals surface area contributed by atoms with E-state index in [1.807, 2.05) is 13.8 Å². The molecule has 0 aromatic rings. The molecule has 0 rings (SSSR count). The molecule has 0 saturated heterocycles. The standard InChI is InChI=1S/C5H13N3.C4H11N/c1-3-7-5(6)8-4-2;1-3-5-4-2/h3-4H2,1-2H3,(H3,6,7,8);5H,3-4H2,1-2H3. The summed E-state index contributed by atoms with van der Waals surface area (Å²) < 4.78 is 0. The van der Waals surface area contributed by atoms with E-state index in [4.69, 9.17) is 5.73 Å². The van der Waals surface area contributed by atoms with Gasteiger partial charge in [-0.2, -0.15) is 0 Å². The molecule has 0 fully saturated rings. The Morgan fingerprint density at radius 3 is 1.85 bits per heavy atom. The van der Waals surface area contributed by atoms with E-state index >= 15 is 0 Å². The molecule has 4 heteroatoms. The van der Waals surface area contributed by atoms with Crippen LogP contribution in [0.1, 0.15) is 27.7 Å². The van der Waals surface area contributed by atoms with E-state index < -0.39 is 0 Å². The molecule has 0 radical (unpaired) electrons. The van der Waals surface area contributed by atoms with Crippen LogP contribution < -0.4 is 16.4 Å². The Balaban J connectivity index is 0. The van der Waals surface area contributed by atoms with E-state index in [0.29, 0.717) is 5.96 Å². The molecule has 0 aliphatic rings. The Morgan fingerprint density at radius 2 is 1.62 bits per heavy atom. The smallest absolute Gasteiger partial charge is 0.188 e. The van der Waals surface area contributed by atoms with Crippen molar-refractivity contribution in [3.63, 3.8) is 0 Å². The summed E-state index contributed by atoms with van der Waals surface area (Å²) >= 11 is 0. The van der Waals surface area contributed by atoms with E-state index in [1.165, 1.54) is 0 Å². The minimum Gasteiger partial charge on any atom is -0.370 e. The largest absolute Gasteiger partial charge is 0.370 e. The van der Waals surface area contributed by atoms with Crippen molar-refractivity contribution >= 4 is 5.96 Å². The van der Waals surface area contributed by atoms with Gasteiger partial charge < -0.3 is 16.4 Å². The van der Waals surface area contributed by atoms with Gasteiger partial charge in [-0.3, -0.25) is 4.99 Å². The monoisotopic (exact) mass is 188 g/mol. The summed E-state index contributed by atoms with van der Waals surface area (Å²) in [5, 5.41) is 5.99. The highest BCUT2D eigenvalue weighted by Crippen LogP contribution is 1.63. The van der Waals surface area contributed by atoms with E-state index in [2.05, 4.69) is 29.5 Å². The summed E-state index contributed by atoms with van der Waals surface area (Å²) in [5.74, 6) is 0.537. The van der Waals surface area contributed by atoms with Crippen LogP contribution in [-0.2, 0) is 0 Å². The summed E-state index contributed by atoms with van der Waals surface area (Å²) in [6, 6.07) is 0. The van der Waals surface area contributed by atoms with E-state index in [9.17, 15) is 0 Å². The summed E-state index contributed by atoms with van der Waals surface area (Å²) in [6.07, 6.45) is 0. The number of guanidine groups is 1. The first-order valence-corrected chi connectivity index (χ1v) is 4.97. The third-order valence-electron chi connectivity index (χ3n) is 1.19. The molecule has 4 nitrogen and oxygen atoms in total. The van der Waals surface area contributed by atoms with E-state index in [-0.39, 0.29) is 0 Å². The molecule has 0 atom stereocenters. The molecule has 0 bridgehead atoms. The first kappa shape index (κ1) is 14.7. The molecule has 0 spiro atoms. The Labute approximate surface area is 82.0 Å². The molecular formula is C9H24N4. The van der Waals surface area contributed by atoms with Gasteiger partial charge in [-0.15, -0.1) is 0 Å². The van der Waals surface area contributed by atoms with Crippen molar-refractivity contribution in [1.29, 1.82) is 0 Å². The van der Waals surface area contributed by atoms with Crippen molar-refractivity contribution in [3.8, 4) is 0 Å². The molecule has 4 N–H and O–H groups in total. The molecule has 0 aromatic heterocycles. The van der Waals surface area contributed by atoms with Gasteiger partial charge in [-0.25, -0.2) is 0 Å². The highest BCUT2D eigenvalue weighted by Gasteiger charge is 1.80. The first-order valence-electron chi connectivity index (χ1n) is 4.97. The lowest BCUT2D eigenvalue weighted by atomic mass is 10.7. The molecular weight excluding hydrogens is 164 g/mol. The Bertz CT molecular complexity index is 110. The van der Waals surface area contributed by atoms with E-state index in [1.54, 1.807) is 0 Å². The second-order valence-corrected chi connectivity index (χ2v) is 2.35. The number of nitrogens with one attached hydrogen (secondary N) is 2. The molecule has 0 amide bonds. The van der Waals surface area contributed by atoms with Crippen molar-refractivity contribution in [2.24, 2.45) is 10.7 Å². The lowest BCUT2D eigenvalue weighted by Gasteiger charge is -1.97. The van der Waals surface area contributed by atoms with Crippen molar-refractivity contribution in [3.05, 3.63) is 0 Å². The highest BCUT2D eigenvalue weighted by atomic mass is 15.1. The zero-order valence-electron chi connectivity index (χ0n) is 9.35. The Morgan fingerprint density at radius 1 is 1.08 bits per heavy atom. The summed E-state index contributed by atoms with van der Waals surface area (Å²) in [6.45, 7) is 11.9.